The summed E-state index contributed by atoms with van der Waals surface area (Å²) in [6.45, 7) is 4.30. The Balaban J connectivity index is 1.60. The molecule has 2 fully saturated rings. The molecule has 0 aromatic carbocycles. The molecule has 1 atom stereocenters. The van der Waals surface area contributed by atoms with Crippen LogP contribution in [-0.2, 0) is 4.79 Å². The number of aromatic nitrogens is 1. The Labute approximate surface area is 134 Å². The summed E-state index contributed by atoms with van der Waals surface area (Å²) in [6, 6.07) is 0.252. The van der Waals surface area contributed by atoms with Crippen molar-refractivity contribution in [3.8, 4) is 0 Å². The minimum absolute atomic E-state index is 0.0892. The summed E-state index contributed by atoms with van der Waals surface area (Å²) in [5.74, 6) is -0.123. The highest BCUT2D eigenvalue weighted by atomic mass is 32.1. The van der Waals surface area contributed by atoms with E-state index in [1.54, 1.807) is 5.51 Å². The smallest absolute Gasteiger partial charge is 0.265 e. The molecule has 0 spiro atoms. The van der Waals surface area contributed by atoms with Gasteiger partial charge < -0.3 is 10.6 Å². The number of hydrogen-bond donors (Lipinski definition) is 1. The SMILES string of the molecule is Cc1ncsc1C(=O)N1CCC(N2CCCC2C(N)=O)CC1. The molecule has 1 aromatic rings. The number of carbonyl (C=O) groups excluding carboxylic acids is 2. The third kappa shape index (κ3) is 2.87. The Hall–Kier alpha value is -1.47. The second kappa shape index (κ2) is 6.34. The summed E-state index contributed by atoms with van der Waals surface area (Å²) in [4.78, 5) is 33.1. The van der Waals surface area contributed by atoms with Crippen LogP contribution in [0.1, 0.15) is 41.0 Å². The number of amides is 2. The molecule has 3 rings (SSSR count). The minimum atomic E-state index is -0.212. The standard InChI is InChI=1S/C15H22N4O2S/c1-10-13(22-9-17-10)15(21)18-7-4-11(5-8-18)19-6-2-3-12(19)14(16)20/h9,11-12H,2-8H2,1H3,(H2,16,20). The number of nitrogens with two attached hydrogens (primary N) is 1. The lowest BCUT2D eigenvalue weighted by Crippen LogP contribution is -2.51. The molecule has 0 saturated carbocycles. The van der Waals surface area contributed by atoms with Gasteiger partial charge in [0.2, 0.25) is 5.91 Å². The van der Waals surface area contributed by atoms with E-state index in [0.717, 1.165) is 55.9 Å². The summed E-state index contributed by atoms with van der Waals surface area (Å²) < 4.78 is 0. The van der Waals surface area contributed by atoms with Gasteiger partial charge >= 0.3 is 0 Å². The van der Waals surface area contributed by atoms with Gasteiger partial charge in [-0.15, -0.1) is 11.3 Å². The molecule has 0 aliphatic carbocycles. The van der Waals surface area contributed by atoms with Gasteiger partial charge in [-0.1, -0.05) is 0 Å². The molecule has 1 unspecified atom stereocenters. The normalized spacial score (nSPS) is 23.9. The fraction of sp³-hybridized carbons (Fsp3) is 0.667. The van der Waals surface area contributed by atoms with Gasteiger partial charge in [0.05, 0.1) is 17.2 Å². The largest absolute Gasteiger partial charge is 0.368 e. The first-order valence-corrected chi connectivity index (χ1v) is 8.70. The number of primary amides is 1. The summed E-state index contributed by atoms with van der Waals surface area (Å²) in [6.07, 6.45) is 3.72. The Morgan fingerprint density at radius 3 is 2.59 bits per heavy atom. The molecule has 7 heteroatoms. The first-order chi connectivity index (χ1) is 10.6. The predicted molar refractivity (Wildman–Crippen MR) is 84.7 cm³/mol. The Morgan fingerprint density at radius 1 is 1.27 bits per heavy atom. The number of rotatable bonds is 3. The number of piperidine rings is 1. The molecule has 22 heavy (non-hydrogen) atoms. The Kier molecular flexibility index (Phi) is 4.44. The third-order valence-corrected chi connectivity index (χ3v) is 5.70. The van der Waals surface area contributed by atoms with Crippen molar-refractivity contribution >= 4 is 23.2 Å². The van der Waals surface area contributed by atoms with Crippen LogP contribution in [0.4, 0.5) is 0 Å². The zero-order valence-corrected chi connectivity index (χ0v) is 13.6. The first kappa shape index (κ1) is 15.4. The summed E-state index contributed by atoms with van der Waals surface area (Å²) in [5.41, 5.74) is 8.03. The summed E-state index contributed by atoms with van der Waals surface area (Å²) in [5, 5.41) is 0. The molecular weight excluding hydrogens is 300 g/mol. The van der Waals surface area contributed by atoms with Crippen LogP contribution in [0.5, 0.6) is 0 Å². The molecule has 2 saturated heterocycles. The van der Waals surface area contributed by atoms with E-state index in [2.05, 4.69) is 9.88 Å². The molecule has 0 bridgehead atoms. The number of thiazole rings is 1. The number of aryl methyl sites for hydroxylation is 1. The molecule has 3 heterocycles. The Bertz CT molecular complexity index is 566. The van der Waals surface area contributed by atoms with Crippen molar-refractivity contribution in [1.82, 2.24) is 14.8 Å². The first-order valence-electron chi connectivity index (χ1n) is 7.82. The maximum Gasteiger partial charge on any atom is 0.265 e. The van der Waals surface area contributed by atoms with Crippen molar-refractivity contribution in [2.24, 2.45) is 5.73 Å². The van der Waals surface area contributed by atoms with Crippen LogP contribution in [0.2, 0.25) is 0 Å². The molecule has 2 aliphatic heterocycles. The van der Waals surface area contributed by atoms with Gasteiger partial charge in [-0.2, -0.15) is 0 Å². The van der Waals surface area contributed by atoms with Crippen LogP contribution >= 0.6 is 11.3 Å². The molecule has 1 aromatic heterocycles. The van der Waals surface area contributed by atoms with Gasteiger partial charge in [0.1, 0.15) is 4.88 Å². The molecule has 2 N–H and O–H groups in total. The van der Waals surface area contributed by atoms with Crippen molar-refractivity contribution in [2.75, 3.05) is 19.6 Å². The van der Waals surface area contributed by atoms with E-state index in [-0.39, 0.29) is 17.9 Å². The van der Waals surface area contributed by atoms with Gasteiger partial charge in [0.25, 0.3) is 5.91 Å². The molecular formula is C15H22N4O2S. The average molecular weight is 322 g/mol. The highest BCUT2D eigenvalue weighted by Gasteiger charge is 2.36. The number of hydrogen-bond acceptors (Lipinski definition) is 5. The van der Waals surface area contributed by atoms with Crippen molar-refractivity contribution in [1.29, 1.82) is 0 Å². The van der Waals surface area contributed by atoms with Gasteiger partial charge in [0, 0.05) is 19.1 Å². The van der Waals surface area contributed by atoms with E-state index in [1.165, 1.54) is 11.3 Å². The van der Waals surface area contributed by atoms with Crippen molar-refractivity contribution < 1.29 is 9.59 Å². The van der Waals surface area contributed by atoms with E-state index in [1.807, 2.05) is 11.8 Å². The van der Waals surface area contributed by atoms with E-state index >= 15 is 0 Å². The van der Waals surface area contributed by atoms with Crippen LogP contribution in [0.15, 0.2) is 5.51 Å². The van der Waals surface area contributed by atoms with E-state index in [4.69, 9.17) is 5.73 Å². The van der Waals surface area contributed by atoms with Gasteiger partial charge in [-0.05, 0) is 39.2 Å². The van der Waals surface area contributed by atoms with E-state index in [9.17, 15) is 9.59 Å². The predicted octanol–water partition coefficient (Wildman–Crippen LogP) is 1.01. The highest BCUT2D eigenvalue weighted by molar-refractivity contribution is 7.11. The maximum atomic E-state index is 12.5. The maximum absolute atomic E-state index is 12.5. The fourth-order valence-corrected chi connectivity index (χ4v) is 4.35. The van der Waals surface area contributed by atoms with Crippen LogP contribution in [0.3, 0.4) is 0 Å². The van der Waals surface area contributed by atoms with Crippen molar-refractivity contribution in [2.45, 2.75) is 44.7 Å². The van der Waals surface area contributed by atoms with Crippen LogP contribution in [0.25, 0.3) is 0 Å². The molecule has 2 amide bonds. The van der Waals surface area contributed by atoms with Gasteiger partial charge in [0.15, 0.2) is 0 Å². The van der Waals surface area contributed by atoms with Crippen molar-refractivity contribution in [3.63, 3.8) is 0 Å². The molecule has 2 aliphatic rings. The lowest BCUT2D eigenvalue weighted by Gasteiger charge is -2.38. The monoisotopic (exact) mass is 322 g/mol. The summed E-state index contributed by atoms with van der Waals surface area (Å²) in [7, 11) is 0. The van der Waals surface area contributed by atoms with E-state index in [0.29, 0.717) is 6.04 Å². The minimum Gasteiger partial charge on any atom is -0.368 e. The van der Waals surface area contributed by atoms with E-state index < -0.39 is 0 Å². The average Bonchev–Trinajstić information content (AvgIpc) is 3.15. The zero-order valence-electron chi connectivity index (χ0n) is 12.8. The molecule has 6 nitrogen and oxygen atoms in total. The highest BCUT2D eigenvalue weighted by Crippen LogP contribution is 2.27. The lowest BCUT2D eigenvalue weighted by molar-refractivity contribution is -0.123. The second-order valence-corrected chi connectivity index (χ2v) is 6.94. The zero-order chi connectivity index (χ0) is 15.7. The number of likely N-dealkylation sites (tertiary alicyclic amines) is 2. The molecule has 120 valence electrons. The van der Waals surface area contributed by atoms with Crippen LogP contribution in [-0.4, -0.2) is 58.3 Å². The lowest BCUT2D eigenvalue weighted by atomic mass is 10.0. The van der Waals surface area contributed by atoms with Crippen LogP contribution < -0.4 is 5.73 Å². The fourth-order valence-electron chi connectivity index (χ4n) is 3.58. The number of carbonyl (C=O) groups is 2. The molecule has 0 radical (unpaired) electrons. The van der Waals surface area contributed by atoms with Crippen molar-refractivity contribution in [3.05, 3.63) is 16.1 Å². The van der Waals surface area contributed by atoms with Gasteiger partial charge in [-0.3, -0.25) is 14.5 Å². The quantitative estimate of drug-likeness (QED) is 0.900. The third-order valence-electron chi connectivity index (χ3n) is 4.78. The Morgan fingerprint density at radius 2 is 2.00 bits per heavy atom. The van der Waals surface area contributed by atoms with Gasteiger partial charge in [-0.25, -0.2) is 4.98 Å². The second-order valence-electron chi connectivity index (χ2n) is 6.09. The topological polar surface area (TPSA) is 79.5 Å². The number of nitrogens with zero attached hydrogens (tertiary/aromatic N) is 3. The summed E-state index contributed by atoms with van der Waals surface area (Å²) >= 11 is 1.41. The van der Waals surface area contributed by atoms with Crippen LogP contribution in [0, 0.1) is 6.92 Å².